The summed E-state index contributed by atoms with van der Waals surface area (Å²) in [6.07, 6.45) is -0.177. The number of benzene rings is 3. The van der Waals surface area contributed by atoms with Crippen molar-refractivity contribution in [2.75, 3.05) is 6.61 Å². The van der Waals surface area contributed by atoms with Gasteiger partial charge in [0.05, 0.1) is 18.0 Å². The van der Waals surface area contributed by atoms with Crippen LogP contribution in [0.15, 0.2) is 59.5 Å². The second kappa shape index (κ2) is 12.1. The van der Waals surface area contributed by atoms with Crippen LogP contribution in [0, 0.1) is 6.92 Å². The van der Waals surface area contributed by atoms with Crippen LogP contribution in [0.5, 0.6) is 17.2 Å². The summed E-state index contributed by atoms with van der Waals surface area (Å²) in [7, 11) is 0. The number of aromatic hydroxyl groups is 3. The molecule has 10 heteroatoms. The highest BCUT2D eigenvalue weighted by Crippen LogP contribution is 2.43. The first kappa shape index (κ1) is 27.7. The minimum Gasteiger partial charge on any atom is -0.507 e. The van der Waals surface area contributed by atoms with Crippen LogP contribution in [0.2, 0.25) is 0 Å². The summed E-state index contributed by atoms with van der Waals surface area (Å²) in [5.74, 6) is -0.787. The van der Waals surface area contributed by atoms with E-state index in [1.54, 1.807) is 31.2 Å². The number of carbonyl (C=O) groups excluding carboxylic acids is 1. The van der Waals surface area contributed by atoms with Crippen LogP contribution in [0.25, 0.3) is 16.8 Å². The zero-order valence-corrected chi connectivity index (χ0v) is 21.5. The topological polar surface area (TPSA) is 160 Å². The van der Waals surface area contributed by atoms with Gasteiger partial charge in [-0.05, 0) is 31.5 Å². The van der Waals surface area contributed by atoms with E-state index in [1.165, 1.54) is 17.8 Å². The molecule has 3 aromatic rings. The second-order valence-corrected chi connectivity index (χ2v) is 10.3. The van der Waals surface area contributed by atoms with Crippen molar-refractivity contribution in [3.63, 3.8) is 0 Å². The van der Waals surface area contributed by atoms with Crippen molar-refractivity contribution in [3.05, 3.63) is 65.7 Å². The summed E-state index contributed by atoms with van der Waals surface area (Å²) < 4.78 is 5.80. The highest BCUT2D eigenvalue weighted by atomic mass is 32.2. The molecule has 38 heavy (non-hydrogen) atoms. The zero-order chi connectivity index (χ0) is 27.4. The van der Waals surface area contributed by atoms with E-state index >= 15 is 0 Å². The Morgan fingerprint density at radius 1 is 1.03 bits per heavy atom. The molecule has 1 heterocycles. The molecule has 0 aliphatic carbocycles. The first-order valence-corrected chi connectivity index (χ1v) is 13.1. The number of ether oxygens (including phenoxy) is 1. The second-order valence-electron chi connectivity index (χ2n) is 9.11. The maximum absolute atomic E-state index is 12.8. The number of aliphatic hydroxyl groups excluding tert-OH is 3. The maximum atomic E-state index is 12.8. The van der Waals surface area contributed by atoms with E-state index in [1.807, 2.05) is 30.3 Å². The minimum atomic E-state index is -1.37. The van der Waals surface area contributed by atoms with Crippen molar-refractivity contribution in [3.8, 4) is 17.2 Å². The molecule has 7 N–H and O–H groups in total. The number of nitrogens with one attached hydrogen (secondary N) is 1. The number of rotatable bonds is 8. The van der Waals surface area contributed by atoms with Crippen LogP contribution in [0.3, 0.4) is 0 Å². The summed E-state index contributed by atoms with van der Waals surface area (Å²) in [5.41, 5.74) is 0.00257. The molecule has 0 saturated carbocycles. The third kappa shape index (κ3) is 5.74. The van der Waals surface area contributed by atoms with Gasteiger partial charge in [0.1, 0.15) is 41.0 Å². The SMILES string of the molecule is Cc1c(/C=C/CCC(=O)N[C@@H]2[C@@H](O)[C@H](O)[C@@H](CO)O[C@@H]2Sc2ccccc2)c(O)c2c(O)cccc2c1O. The lowest BCUT2D eigenvalue weighted by atomic mass is 9.97. The van der Waals surface area contributed by atoms with Crippen LogP contribution in [-0.4, -0.2) is 72.9 Å². The van der Waals surface area contributed by atoms with Gasteiger partial charge in [0.2, 0.25) is 5.91 Å². The Morgan fingerprint density at radius 3 is 2.47 bits per heavy atom. The van der Waals surface area contributed by atoms with Crippen molar-refractivity contribution in [1.82, 2.24) is 5.32 Å². The molecule has 3 aromatic carbocycles. The first-order valence-electron chi connectivity index (χ1n) is 12.2. The smallest absolute Gasteiger partial charge is 0.220 e. The number of hydrogen-bond donors (Lipinski definition) is 7. The Morgan fingerprint density at radius 2 is 1.76 bits per heavy atom. The fraction of sp³-hybridized carbons (Fsp3) is 0.321. The summed E-state index contributed by atoms with van der Waals surface area (Å²) >= 11 is 1.27. The van der Waals surface area contributed by atoms with Crippen molar-refractivity contribution in [2.45, 2.75) is 54.5 Å². The van der Waals surface area contributed by atoms with Gasteiger partial charge in [-0.1, -0.05) is 54.2 Å². The number of hydrogen-bond acceptors (Lipinski definition) is 9. The van der Waals surface area contributed by atoms with Crippen LogP contribution in [-0.2, 0) is 9.53 Å². The molecule has 1 fully saturated rings. The van der Waals surface area contributed by atoms with Gasteiger partial charge in [-0.25, -0.2) is 0 Å². The summed E-state index contributed by atoms with van der Waals surface area (Å²) in [5, 5.41) is 65.2. The minimum absolute atomic E-state index is 0.0343. The molecule has 0 unspecified atom stereocenters. The molecule has 0 bridgehead atoms. The molecule has 0 aromatic heterocycles. The highest BCUT2D eigenvalue weighted by Gasteiger charge is 2.45. The van der Waals surface area contributed by atoms with Crippen LogP contribution < -0.4 is 5.32 Å². The number of carbonyl (C=O) groups is 1. The molecule has 0 spiro atoms. The normalized spacial score (nSPS) is 23.6. The van der Waals surface area contributed by atoms with Gasteiger partial charge in [0.15, 0.2) is 0 Å². The summed E-state index contributed by atoms with van der Waals surface area (Å²) in [6.45, 7) is 1.16. The van der Waals surface area contributed by atoms with E-state index in [-0.39, 0.29) is 35.5 Å². The van der Waals surface area contributed by atoms with Gasteiger partial charge in [-0.15, -0.1) is 0 Å². The number of thioether (sulfide) groups is 1. The maximum Gasteiger partial charge on any atom is 0.220 e. The number of allylic oxidation sites excluding steroid dienone is 1. The van der Waals surface area contributed by atoms with Crippen molar-refractivity contribution in [2.24, 2.45) is 0 Å². The number of aliphatic hydroxyl groups is 3. The molecular formula is C28H31NO8S. The lowest BCUT2D eigenvalue weighted by Crippen LogP contribution is -2.63. The average Bonchev–Trinajstić information content (AvgIpc) is 2.91. The molecule has 1 saturated heterocycles. The highest BCUT2D eigenvalue weighted by molar-refractivity contribution is 7.99. The van der Waals surface area contributed by atoms with Crippen LogP contribution in [0.4, 0.5) is 0 Å². The van der Waals surface area contributed by atoms with Crippen LogP contribution >= 0.6 is 11.8 Å². The Bertz CT molecular complexity index is 1320. The third-order valence-corrected chi connectivity index (χ3v) is 7.76. The number of phenols is 3. The average molecular weight is 542 g/mol. The number of phenolic OH excluding ortho intramolecular Hbond substituents is 3. The van der Waals surface area contributed by atoms with Gasteiger partial charge >= 0.3 is 0 Å². The number of fused-ring (bicyclic) bond motifs is 1. The monoisotopic (exact) mass is 541 g/mol. The van der Waals surface area contributed by atoms with E-state index in [9.17, 15) is 35.4 Å². The predicted octanol–water partition coefficient (Wildman–Crippen LogP) is 2.77. The van der Waals surface area contributed by atoms with Crippen molar-refractivity contribution < 1.29 is 40.2 Å². The summed E-state index contributed by atoms with van der Waals surface area (Å²) in [4.78, 5) is 13.6. The van der Waals surface area contributed by atoms with E-state index < -0.39 is 42.3 Å². The zero-order valence-electron chi connectivity index (χ0n) is 20.7. The predicted molar refractivity (Wildman–Crippen MR) is 144 cm³/mol. The van der Waals surface area contributed by atoms with Crippen molar-refractivity contribution >= 4 is 34.5 Å². The Kier molecular flexibility index (Phi) is 8.80. The fourth-order valence-electron chi connectivity index (χ4n) is 4.48. The fourth-order valence-corrected chi connectivity index (χ4v) is 5.63. The molecule has 1 amide bonds. The van der Waals surface area contributed by atoms with E-state index in [2.05, 4.69) is 5.32 Å². The van der Waals surface area contributed by atoms with Crippen LogP contribution in [0.1, 0.15) is 24.0 Å². The van der Waals surface area contributed by atoms with Gasteiger partial charge in [-0.3, -0.25) is 4.79 Å². The lowest BCUT2D eigenvalue weighted by Gasteiger charge is -2.42. The standard InChI is InChI=1S/C28H31NO8S/c1-15-17(25(34)22-18(24(15)33)11-7-12-19(22)31)10-5-6-13-21(32)29-23-27(36)26(35)20(14-30)37-28(23)38-16-8-3-2-4-9-16/h2-5,7-12,20,23,26-28,30-31,33-36H,6,13-14H2,1H3,(H,29,32)/b10-5+/t20-,23-,26-,27-,28-/m1/s1. The molecule has 0 radical (unpaired) electrons. The molecule has 202 valence electrons. The molecule has 1 aliphatic heterocycles. The third-order valence-electron chi connectivity index (χ3n) is 6.58. The van der Waals surface area contributed by atoms with E-state index in [0.717, 1.165) is 4.90 Å². The molecule has 9 nitrogen and oxygen atoms in total. The molecule has 1 aliphatic rings. The summed E-state index contributed by atoms with van der Waals surface area (Å²) in [6, 6.07) is 12.9. The van der Waals surface area contributed by atoms with E-state index in [0.29, 0.717) is 16.5 Å². The lowest BCUT2D eigenvalue weighted by molar-refractivity contribution is -0.173. The Balaban J connectivity index is 1.44. The quantitative estimate of drug-likeness (QED) is 0.213. The molecular weight excluding hydrogens is 510 g/mol. The number of amides is 1. The largest absolute Gasteiger partial charge is 0.507 e. The van der Waals surface area contributed by atoms with Crippen molar-refractivity contribution in [1.29, 1.82) is 0 Å². The van der Waals surface area contributed by atoms with Gasteiger partial charge in [0, 0.05) is 27.8 Å². The van der Waals surface area contributed by atoms with E-state index in [4.69, 9.17) is 4.74 Å². The van der Waals surface area contributed by atoms with Gasteiger partial charge < -0.3 is 40.7 Å². The first-order chi connectivity index (χ1) is 18.2. The Hall–Kier alpha value is -3.28. The molecule has 4 rings (SSSR count). The van der Waals surface area contributed by atoms with Gasteiger partial charge in [0.25, 0.3) is 0 Å². The molecule has 5 atom stereocenters. The van der Waals surface area contributed by atoms with Gasteiger partial charge in [-0.2, -0.15) is 0 Å². The Labute approximate surface area is 224 Å².